The van der Waals surface area contributed by atoms with E-state index >= 15 is 0 Å². The third-order valence-corrected chi connectivity index (χ3v) is 11.6. The van der Waals surface area contributed by atoms with E-state index in [0.29, 0.717) is 5.82 Å². The number of ether oxygens (including phenoxy) is 4. The Morgan fingerprint density at radius 1 is 0.794 bits per heavy atom. The Bertz CT molecular complexity index is 2410. The second-order valence-corrected chi connectivity index (χ2v) is 18.2. The SMILES string of the molecule is CN1CC[n+]2c(/C=C/c3ccccn3)cccc21.[2HH].[B][C@H]1CC(OC(C)=O)[C@@H](COP(=O)(O)O)O1.[B][C@H]1CC(OC(C)=O)[C@@H](COP(=O)(O)OCCN(C)c2cccc(/C=C/c3ccccn3)n2)O1. The summed E-state index contributed by atoms with van der Waals surface area (Å²) >= 11 is 0. The number of aromatic nitrogens is 4. The summed E-state index contributed by atoms with van der Waals surface area (Å²) < 4.78 is 59.9. The smallest absolute Gasteiger partial charge is 0.460 e. The van der Waals surface area contributed by atoms with Gasteiger partial charge in [-0.25, -0.2) is 18.7 Å². The number of nitrogens with zero attached hydrogens (tertiary/aromatic N) is 6. The van der Waals surface area contributed by atoms with Crippen LogP contribution >= 0.6 is 15.6 Å². The topological polar surface area (TPSA) is 243 Å². The number of anilines is 2. The first-order valence-corrected chi connectivity index (χ1v) is 24.5. The van der Waals surface area contributed by atoms with Crippen LogP contribution in [0.1, 0.15) is 50.9 Å². The van der Waals surface area contributed by atoms with Crippen LogP contribution < -0.4 is 14.4 Å². The average molecular weight is 979 g/mol. The normalized spacial score (nSPS) is 21.8. The van der Waals surface area contributed by atoms with Gasteiger partial charge in [-0.2, -0.15) is 0 Å². The summed E-state index contributed by atoms with van der Waals surface area (Å²) in [5.41, 5.74) is 3.77. The van der Waals surface area contributed by atoms with Gasteiger partial charge >= 0.3 is 27.6 Å². The number of hydrogen-bond donors (Lipinski definition) is 3. The number of phosphoric ester groups is 2. The third kappa shape index (κ3) is 18.4. The van der Waals surface area contributed by atoms with E-state index in [2.05, 4.69) is 66.3 Å². The van der Waals surface area contributed by atoms with Crippen LogP contribution in [0.4, 0.5) is 11.6 Å². The summed E-state index contributed by atoms with van der Waals surface area (Å²) in [6.45, 7) is 4.14. The molecule has 0 saturated carbocycles. The van der Waals surface area contributed by atoms with Gasteiger partial charge in [0.25, 0.3) is 5.82 Å². The van der Waals surface area contributed by atoms with Crippen LogP contribution in [0, 0.1) is 0 Å². The zero-order valence-electron chi connectivity index (χ0n) is 38.1. The van der Waals surface area contributed by atoms with Crippen molar-refractivity contribution in [3.05, 3.63) is 108 Å². The van der Waals surface area contributed by atoms with Crippen molar-refractivity contribution in [2.24, 2.45) is 0 Å². The number of carbonyl (C=O) groups is 2. The minimum absolute atomic E-state index is 0. The van der Waals surface area contributed by atoms with Crippen molar-refractivity contribution in [3.8, 4) is 0 Å². The van der Waals surface area contributed by atoms with Gasteiger partial charge in [0.15, 0.2) is 0 Å². The molecular formula is C44H57B2N6O14P2+. The highest BCUT2D eigenvalue weighted by Gasteiger charge is 2.38. The summed E-state index contributed by atoms with van der Waals surface area (Å²) in [5.74, 6) is 0.934. The first kappa shape index (κ1) is 53.8. The Morgan fingerprint density at radius 2 is 1.34 bits per heavy atom. The molecule has 3 unspecified atom stereocenters. The van der Waals surface area contributed by atoms with Crippen LogP contribution in [-0.4, -0.2) is 141 Å². The summed E-state index contributed by atoms with van der Waals surface area (Å²) in [7, 11) is 6.18. The molecule has 0 bridgehead atoms. The van der Waals surface area contributed by atoms with Gasteiger partial charge in [-0.3, -0.25) is 38.0 Å². The van der Waals surface area contributed by atoms with Crippen LogP contribution in [0.25, 0.3) is 24.3 Å². The zero-order valence-corrected chi connectivity index (χ0v) is 39.9. The highest BCUT2D eigenvalue weighted by atomic mass is 31.2. The number of esters is 2. The van der Waals surface area contributed by atoms with Crippen LogP contribution in [-0.2, 0) is 57.8 Å². The van der Waals surface area contributed by atoms with Crippen molar-refractivity contribution in [3.63, 3.8) is 0 Å². The second-order valence-electron chi connectivity index (χ2n) is 15.5. The molecule has 7 heterocycles. The van der Waals surface area contributed by atoms with Crippen LogP contribution in [0.2, 0.25) is 0 Å². The zero-order chi connectivity index (χ0) is 49.3. The third-order valence-electron chi connectivity index (χ3n) is 10.1. The van der Waals surface area contributed by atoms with Gasteiger partial charge in [0, 0.05) is 72.2 Å². The lowest BCUT2D eigenvalue weighted by Gasteiger charge is -2.21. The molecule has 2 saturated heterocycles. The second kappa shape index (κ2) is 26.0. The van der Waals surface area contributed by atoms with Crippen molar-refractivity contribution in [1.29, 1.82) is 0 Å². The lowest BCUT2D eigenvalue weighted by Crippen LogP contribution is -2.34. The van der Waals surface area contributed by atoms with E-state index in [9.17, 15) is 23.6 Å². The maximum Gasteiger partial charge on any atom is 0.472 e. The van der Waals surface area contributed by atoms with Gasteiger partial charge in [-0.15, -0.1) is 0 Å². The van der Waals surface area contributed by atoms with Gasteiger partial charge in [-0.05, 0) is 72.8 Å². The fourth-order valence-electron chi connectivity index (χ4n) is 6.92. The summed E-state index contributed by atoms with van der Waals surface area (Å²) in [4.78, 5) is 66.1. The molecule has 68 heavy (non-hydrogen) atoms. The van der Waals surface area contributed by atoms with E-state index < -0.39 is 64.0 Å². The van der Waals surface area contributed by atoms with E-state index in [1.807, 2.05) is 72.9 Å². The quantitative estimate of drug-likeness (QED) is 0.0587. The van der Waals surface area contributed by atoms with Crippen LogP contribution in [0.3, 0.4) is 0 Å². The molecular weight excluding hydrogens is 920 g/mol. The van der Waals surface area contributed by atoms with Crippen LogP contribution in [0.5, 0.6) is 0 Å². The highest BCUT2D eigenvalue weighted by molar-refractivity contribution is 7.47. The maximum atomic E-state index is 12.2. The number of rotatable bonds is 17. The van der Waals surface area contributed by atoms with Gasteiger partial charge in [0.1, 0.15) is 64.7 Å². The van der Waals surface area contributed by atoms with E-state index in [1.165, 1.54) is 25.4 Å². The van der Waals surface area contributed by atoms with Gasteiger partial charge < -0.3 is 38.5 Å². The van der Waals surface area contributed by atoms with Gasteiger partial charge in [0.05, 0.1) is 44.0 Å². The highest BCUT2D eigenvalue weighted by Crippen LogP contribution is 2.44. The lowest BCUT2D eigenvalue weighted by atomic mass is 9.96. The molecule has 20 nitrogen and oxygen atoms in total. The summed E-state index contributed by atoms with van der Waals surface area (Å²) in [5, 5.41) is 0. The molecule has 4 radical (unpaired) electrons. The lowest BCUT2D eigenvalue weighted by molar-refractivity contribution is -0.672. The standard InChI is InChI=1S/C22H27BN3O7P.C15H16N3.C7H12BO7P.H2/c1-16(27)32-19-14-21(23)33-20(19)15-31-34(28,29)30-13-12-26(2)22-8-5-7-18(25-22)10-9-17-6-3-4-11-24-17;1-17-11-12-18-14(6-4-7-15(17)18)9-8-13-5-2-3-10-16-13;1-4(9)14-5-2-7(8)15-6(5)3-13-16(10,11)12;/h3-11,19-21H,12-15H2,1-2H3,(H,28,29);2-10H,11-12H2,1H3;5-7H,2-3H2,1H3,(H2,10,11,12);1H/q;+1;;/b10-9+;9-8+;;/t19?,20-,21-;;5?,6-,7-;/m1.1./s1/i;;;1+1. The van der Waals surface area contributed by atoms with Crippen molar-refractivity contribution in [1.82, 2.24) is 15.0 Å². The van der Waals surface area contributed by atoms with E-state index in [-0.39, 0.29) is 40.6 Å². The monoisotopic (exact) mass is 978 g/mol. The first-order chi connectivity index (χ1) is 32.3. The Kier molecular flexibility index (Phi) is 20.6. The van der Waals surface area contributed by atoms with Crippen molar-refractivity contribution >= 4 is 79.2 Å². The number of carbonyl (C=O) groups excluding carboxylic acids is 2. The van der Waals surface area contributed by atoms with Crippen molar-refractivity contribution < 1.29 is 71.9 Å². The Hall–Kier alpha value is -5.11. The fraction of sp³-hybridized carbons (Fsp3) is 0.409. The predicted molar refractivity (Wildman–Crippen MR) is 255 cm³/mol. The average Bonchev–Trinajstić information content (AvgIpc) is 3.98. The molecule has 0 aromatic carbocycles. The molecule has 0 amide bonds. The Morgan fingerprint density at radius 3 is 1.90 bits per heavy atom. The predicted octanol–water partition coefficient (Wildman–Crippen LogP) is 3.98. The van der Waals surface area contributed by atoms with Crippen molar-refractivity contribution in [2.75, 3.05) is 56.8 Å². The molecule has 7 rings (SSSR count). The fourth-order valence-corrected chi connectivity index (χ4v) is 7.98. The Labute approximate surface area is 399 Å². The molecule has 0 aliphatic carbocycles. The Balaban J connectivity index is 0.000000248. The maximum absolute atomic E-state index is 12.2. The van der Waals surface area contributed by atoms with E-state index in [4.69, 9.17) is 53.5 Å². The number of likely N-dealkylation sites (N-methyl/N-ethyl adjacent to an activating group) is 2. The number of fused-ring (bicyclic) bond motifs is 1. The molecule has 4 aromatic rings. The molecule has 7 atom stereocenters. The number of pyridine rings is 4. The minimum atomic E-state index is -4.56. The molecule has 3 aliphatic heterocycles. The van der Waals surface area contributed by atoms with Gasteiger partial charge in [0.2, 0.25) is 0 Å². The minimum Gasteiger partial charge on any atom is -0.460 e. The first-order valence-electron chi connectivity index (χ1n) is 21.4. The van der Waals surface area contributed by atoms with E-state index in [0.717, 1.165) is 30.2 Å². The van der Waals surface area contributed by atoms with Gasteiger partial charge in [-0.1, -0.05) is 18.2 Å². The molecule has 2 fully saturated rings. The molecule has 0 spiro atoms. The summed E-state index contributed by atoms with van der Waals surface area (Å²) in [6, 6.07) is 22.3. The molecule has 4 aromatic heterocycles. The number of phosphoric acid groups is 2. The van der Waals surface area contributed by atoms with Crippen molar-refractivity contribution in [2.45, 2.75) is 69.7 Å². The molecule has 3 aliphatic rings. The van der Waals surface area contributed by atoms with Crippen LogP contribution in [0.15, 0.2) is 85.2 Å². The molecule has 24 heteroatoms. The number of hydrogen-bond acceptors (Lipinski definition) is 16. The largest absolute Gasteiger partial charge is 0.472 e. The summed E-state index contributed by atoms with van der Waals surface area (Å²) in [6.07, 6.45) is 9.18. The molecule has 3 N–H and O–H groups in total. The molecule has 362 valence electrons. The van der Waals surface area contributed by atoms with E-state index in [1.54, 1.807) is 18.1 Å².